The minimum atomic E-state index is 0.526. The van der Waals surface area contributed by atoms with E-state index in [-0.39, 0.29) is 0 Å². The summed E-state index contributed by atoms with van der Waals surface area (Å²) >= 11 is 0. The first kappa shape index (κ1) is 10.7. The van der Waals surface area contributed by atoms with Gasteiger partial charge in [-0.15, -0.1) is 0 Å². The summed E-state index contributed by atoms with van der Waals surface area (Å²) in [5.41, 5.74) is 8.14. The van der Waals surface area contributed by atoms with E-state index in [1.165, 1.54) is 11.1 Å². The smallest absolute Gasteiger partial charge is 0.110 e. The lowest BCUT2D eigenvalue weighted by atomic mass is 9.94. The second-order valence-electron chi connectivity index (χ2n) is 4.22. The minimum absolute atomic E-state index is 0.526. The molecule has 2 rings (SSSR count). The molecule has 0 saturated carbocycles. The molecule has 3 heteroatoms. The van der Waals surface area contributed by atoms with Gasteiger partial charge in [-0.25, -0.2) is 0 Å². The van der Waals surface area contributed by atoms with Crippen molar-refractivity contribution in [3.63, 3.8) is 0 Å². The Kier molecular flexibility index (Phi) is 3.12. The summed E-state index contributed by atoms with van der Waals surface area (Å²) in [6, 6.07) is 0. The van der Waals surface area contributed by atoms with Crippen molar-refractivity contribution in [2.24, 2.45) is 5.73 Å². The molecule has 2 N–H and O–H groups in total. The van der Waals surface area contributed by atoms with Crippen LogP contribution in [-0.4, -0.2) is 13.2 Å². The van der Waals surface area contributed by atoms with Crippen LogP contribution in [0.15, 0.2) is 4.42 Å². The van der Waals surface area contributed by atoms with Crippen LogP contribution in [-0.2, 0) is 11.3 Å². The first-order valence-electron chi connectivity index (χ1n) is 5.60. The van der Waals surface area contributed by atoms with Crippen molar-refractivity contribution < 1.29 is 9.15 Å². The SMILES string of the molecule is Cc1oc(C2CCOCC2)c(C)c1CN. The monoisotopic (exact) mass is 209 g/mol. The van der Waals surface area contributed by atoms with Gasteiger partial charge in [0.05, 0.1) is 0 Å². The Morgan fingerprint density at radius 2 is 1.93 bits per heavy atom. The van der Waals surface area contributed by atoms with Crippen LogP contribution in [0.2, 0.25) is 0 Å². The molecular weight excluding hydrogens is 190 g/mol. The van der Waals surface area contributed by atoms with E-state index < -0.39 is 0 Å². The van der Waals surface area contributed by atoms with Gasteiger partial charge in [0.1, 0.15) is 11.5 Å². The average molecular weight is 209 g/mol. The summed E-state index contributed by atoms with van der Waals surface area (Å²) in [5.74, 6) is 2.64. The van der Waals surface area contributed by atoms with E-state index in [4.69, 9.17) is 14.9 Å². The average Bonchev–Trinajstić information content (AvgIpc) is 2.55. The maximum absolute atomic E-state index is 5.84. The molecule has 3 nitrogen and oxygen atoms in total. The summed E-state index contributed by atoms with van der Waals surface area (Å²) in [6.45, 7) is 6.38. The molecular formula is C12H19NO2. The van der Waals surface area contributed by atoms with E-state index >= 15 is 0 Å². The Labute approximate surface area is 90.6 Å². The third kappa shape index (κ3) is 1.94. The fourth-order valence-electron chi connectivity index (χ4n) is 2.36. The molecule has 1 aliphatic rings. The number of furan rings is 1. The van der Waals surface area contributed by atoms with E-state index in [1.54, 1.807) is 0 Å². The largest absolute Gasteiger partial charge is 0.465 e. The van der Waals surface area contributed by atoms with Crippen molar-refractivity contribution in [3.8, 4) is 0 Å². The molecule has 0 unspecified atom stereocenters. The Morgan fingerprint density at radius 3 is 2.47 bits per heavy atom. The Bertz CT molecular complexity index is 338. The zero-order valence-electron chi connectivity index (χ0n) is 9.51. The molecule has 0 aromatic carbocycles. The Balaban J connectivity index is 2.27. The first-order chi connectivity index (χ1) is 7.24. The molecule has 0 atom stereocenters. The predicted octanol–water partition coefficient (Wildman–Crippen LogP) is 2.25. The van der Waals surface area contributed by atoms with Crippen molar-refractivity contribution in [1.29, 1.82) is 0 Å². The molecule has 0 radical (unpaired) electrons. The molecule has 1 fully saturated rings. The quantitative estimate of drug-likeness (QED) is 0.812. The molecule has 0 aliphatic carbocycles. The zero-order valence-corrected chi connectivity index (χ0v) is 9.51. The Hall–Kier alpha value is -0.800. The van der Waals surface area contributed by atoms with Gasteiger partial charge in [-0.2, -0.15) is 0 Å². The van der Waals surface area contributed by atoms with Crippen molar-refractivity contribution >= 4 is 0 Å². The summed E-state index contributed by atoms with van der Waals surface area (Å²) < 4.78 is 11.2. The van der Waals surface area contributed by atoms with Crippen LogP contribution >= 0.6 is 0 Å². The molecule has 1 aromatic heterocycles. The second kappa shape index (κ2) is 4.37. The van der Waals surface area contributed by atoms with Crippen molar-refractivity contribution in [2.45, 2.75) is 39.2 Å². The lowest BCUT2D eigenvalue weighted by Gasteiger charge is -2.20. The van der Waals surface area contributed by atoms with Gasteiger partial charge in [-0.3, -0.25) is 0 Å². The molecule has 0 bridgehead atoms. The summed E-state index contributed by atoms with van der Waals surface area (Å²) in [4.78, 5) is 0. The number of hydrogen-bond donors (Lipinski definition) is 1. The fraction of sp³-hybridized carbons (Fsp3) is 0.667. The van der Waals surface area contributed by atoms with Crippen molar-refractivity contribution in [2.75, 3.05) is 13.2 Å². The zero-order chi connectivity index (χ0) is 10.8. The van der Waals surface area contributed by atoms with Gasteiger partial charge in [0.25, 0.3) is 0 Å². The second-order valence-corrected chi connectivity index (χ2v) is 4.22. The molecule has 0 amide bonds. The van der Waals surface area contributed by atoms with Gasteiger partial charge < -0.3 is 14.9 Å². The summed E-state index contributed by atoms with van der Waals surface area (Å²) in [5, 5.41) is 0. The number of hydrogen-bond acceptors (Lipinski definition) is 3. The van der Waals surface area contributed by atoms with E-state index in [0.29, 0.717) is 12.5 Å². The van der Waals surface area contributed by atoms with Gasteiger partial charge >= 0.3 is 0 Å². The fourth-order valence-corrected chi connectivity index (χ4v) is 2.36. The van der Waals surface area contributed by atoms with Crippen molar-refractivity contribution in [3.05, 3.63) is 22.6 Å². The summed E-state index contributed by atoms with van der Waals surface area (Å²) in [6.07, 6.45) is 2.13. The molecule has 1 aliphatic heterocycles. The van der Waals surface area contributed by atoms with Gasteiger partial charge in [-0.05, 0) is 32.3 Å². The highest BCUT2D eigenvalue weighted by Gasteiger charge is 2.23. The van der Waals surface area contributed by atoms with E-state index in [0.717, 1.165) is 37.6 Å². The van der Waals surface area contributed by atoms with Crippen LogP contribution < -0.4 is 5.73 Å². The number of rotatable bonds is 2. The normalized spacial score (nSPS) is 18.3. The van der Waals surface area contributed by atoms with E-state index in [2.05, 4.69) is 6.92 Å². The number of aryl methyl sites for hydroxylation is 1. The van der Waals surface area contributed by atoms with Gasteiger partial charge in [0.2, 0.25) is 0 Å². The van der Waals surface area contributed by atoms with Crippen LogP contribution in [0.1, 0.15) is 41.4 Å². The van der Waals surface area contributed by atoms with Gasteiger partial charge in [0, 0.05) is 31.2 Å². The van der Waals surface area contributed by atoms with Crippen LogP contribution in [0.4, 0.5) is 0 Å². The summed E-state index contributed by atoms with van der Waals surface area (Å²) in [7, 11) is 0. The third-order valence-corrected chi connectivity index (χ3v) is 3.31. The van der Waals surface area contributed by atoms with E-state index in [9.17, 15) is 0 Å². The minimum Gasteiger partial charge on any atom is -0.465 e. The predicted molar refractivity (Wildman–Crippen MR) is 58.9 cm³/mol. The number of ether oxygens (including phenoxy) is 1. The molecule has 2 heterocycles. The molecule has 15 heavy (non-hydrogen) atoms. The number of nitrogens with two attached hydrogens (primary N) is 1. The maximum atomic E-state index is 5.84. The molecule has 1 saturated heterocycles. The Morgan fingerprint density at radius 1 is 1.27 bits per heavy atom. The standard InChI is InChI=1S/C12H19NO2/c1-8-11(7-13)9(2)15-12(8)10-3-5-14-6-4-10/h10H,3-7,13H2,1-2H3. The first-order valence-corrected chi connectivity index (χ1v) is 5.60. The van der Waals surface area contributed by atoms with E-state index in [1.807, 2.05) is 6.92 Å². The molecule has 1 aromatic rings. The maximum Gasteiger partial charge on any atom is 0.110 e. The van der Waals surface area contributed by atoms with Crippen LogP contribution in [0, 0.1) is 13.8 Å². The lowest BCUT2D eigenvalue weighted by molar-refractivity contribution is 0.0803. The highest BCUT2D eigenvalue weighted by molar-refractivity contribution is 5.33. The topological polar surface area (TPSA) is 48.4 Å². The highest BCUT2D eigenvalue weighted by Crippen LogP contribution is 2.33. The van der Waals surface area contributed by atoms with Crippen LogP contribution in [0.5, 0.6) is 0 Å². The highest BCUT2D eigenvalue weighted by atomic mass is 16.5. The lowest BCUT2D eigenvalue weighted by Crippen LogP contribution is -2.14. The van der Waals surface area contributed by atoms with Gasteiger partial charge in [-0.1, -0.05) is 0 Å². The van der Waals surface area contributed by atoms with Crippen LogP contribution in [0.3, 0.4) is 0 Å². The van der Waals surface area contributed by atoms with Crippen LogP contribution in [0.25, 0.3) is 0 Å². The third-order valence-electron chi connectivity index (χ3n) is 3.31. The molecule has 0 spiro atoms. The van der Waals surface area contributed by atoms with Gasteiger partial charge in [0.15, 0.2) is 0 Å². The van der Waals surface area contributed by atoms with Crippen molar-refractivity contribution in [1.82, 2.24) is 0 Å². The molecule has 84 valence electrons.